The number of anilines is 1. The smallest absolute Gasteiger partial charge is 0.341 e. The molecule has 0 bridgehead atoms. The van der Waals surface area contributed by atoms with Gasteiger partial charge in [-0.1, -0.05) is 19.3 Å². The van der Waals surface area contributed by atoms with Gasteiger partial charge in [0, 0.05) is 17.9 Å². The molecule has 32 heavy (non-hydrogen) atoms. The van der Waals surface area contributed by atoms with Crippen LogP contribution in [0.4, 0.5) is 5.00 Å². The minimum absolute atomic E-state index is 0.169. The summed E-state index contributed by atoms with van der Waals surface area (Å²) < 4.78 is 15.8. The van der Waals surface area contributed by atoms with Crippen molar-refractivity contribution in [3.05, 3.63) is 29.3 Å². The first kappa shape index (κ1) is 23.5. The van der Waals surface area contributed by atoms with Crippen molar-refractivity contribution in [3.63, 3.8) is 0 Å². The molecule has 2 aromatic rings. The van der Waals surface area contributed by atoms with Gasteiger partial charge in [0.2, 0.25) is 5.91 Å². The zero-order chi connectivity index (χ0) is 23.1. The summed E-state index contributed by atoms with van der Waals surface area (Å²) in [4.78, 5) is 49.4. The van der Waals surface area contributed by atoms with Crippen molar-refractivity contribution < 1.29 is 33.1 Å². The number of hydrogen-bond acceptors (Lipinski definition) is 8. The second kappa shape index (κ2) is 10.4. The van der Waals surface area contributed by atoms with Crippen LogP contribution in [0.2, 0.25) is 0 Å². The Bertz CT molecular complexity index is 975. The Hall–Kier alpha value is -3.14. The molecule has 2 heterocycles. The van der Waals surface area contributed by atoms with E-state index in [0.29, 0.717) is 24.2 Å². The van der Waals surface area contributed by atoms with E-state index in [0.717, 1.165) is 30.6 Å². The van der Waals surface area contributed by atoms with E-state index in [4.69, 9.17) is 13.9 Å². The van der Waals surface area contributed by atoms with Crippen LogP contribution in [0.15, 0.2) is 28.2 Å². The Kier molecular flexibility index (Phi) is 7.68. The predicted octanol–water partition coefficient (Wildman–Crippen LogP) is 3.51. The fourth-order valence-electron chi connectivity index (χ4n) is 3.77. The molecule has 1 fully saturated rings. The van der Waals surface area contributed by atoms with Gasteiger partial charge < -0.3 is 24.5 Å². The Labute approximate surface area is 189 Å². The number of furan rings is 1. The first-order valence-corrected chi connectivity index (χ1v) is 11.3. The van der Waals surface area contributed by atoms with Crippen LogP contribution in [-0.4, -0.2) is 42.5 Å². The standard InChI is InChI=1S/C22H26N2O7S/c1-3-29-20(27)18-15(16-8-7-11-30-16)13-32-19(18)23-17(26)12-31-21(28)22(24-14(2)25)9-5-4-6-10-22/h7-8,11,13H,3-6,9-10,12H2,1-2H3,(H,23,26)(H,24,25). The lowest BCUT2D eigenvalue weighted by atomic mass is 9.81. The highest BCUT2D eigenvalue weighted by molar-refractivity contribution is 7.15. The van der Waals surface area contributed by atoms with E-state index in [1.54, 1.807) is 24.4 Å². The van der Waals surface area contributed by atoms with Crippen molar-refractivity contribution >= 4 is 40.1 Å². The fraction of sp³-hybridized carbons (Fsp3) is 0.455. The average molecular weight is 463 g/mol. The SMILES string of the molecule is CCOC(=O)c1c(-c2ccco2)csc1NC(=O)COC(=O)C1(NC(C)=O)CCCCC1. The largest absolute Gasteiger partial charge is 0.464 e. The van der Waals surface area contributed by atoms with E-state index in [1.165, 1.54) is 13.2 Å². The van der Waals surface area contributed by atoms with Gasteiger partial charge in [0.1, 0.15) is 21.9 Å². The third-order valence-electron chi connectivity index (χ3n) is 5.16. The number of ether oxygens (including phenoxy) is 2. The minimum atomic E-state index is -1.10. The molecule has 0 radical (unpaired) electrons. The van der Waals surface area contributed by atoms with Crippen molar-refractivity contribution in [1.29, 1.82) is 0 Å². The van der Waals surface area contributed by atoms with Gasteiger partial charge >= 0.3 is 11.9 Å². The van der Waals surface area contributed by atoms with Crippen LogP contribution in [0.25, 0.3) is 11.3 Å². The number of esters is 2. The van der Waals surface area contributed by atoms with Gasteiger partial charge in [0.15, 0.2) is 6.61 Å². The summed E-state index contributed by atoms with van der Waals surface area (Å²) in [6.07, 6.45) is 4.97. The zero-order valence-corrected chi connectivity index (χ0v) is 18.8. The molecule has 10 heteroatoms. The highest BCUT2D eigenvalue weighted by Gasteiger charge is 2.42. The number of carbonyl (C=O) groups is 4. The summed E-state index contributed by atoms with van der Waals surface area (Å²) in [5, 5.41) is 7.28. The number of nitrogens with one attached hydrogen (secondary N) is 2. The van der Waals surface area contributed by atoms with E-state index in [2.05, 4.69) is 10.6 Å². The molecule has 2 aromatic heterocycles. The van der Waals surface area contributed by atoms with Gasteiger partial charge in [0.05, 0.1) is 12.9 Å². The fourth-order valence-corrected chi connectivity index (χ4v) is 4.73. The van der Waals surface area contributed by atoms with Gasteiger partial charge in [-0.2, -0.15) is 0 Å². The second-order valence-corrected chi connectivity index (χ2v) is 8.38. The highest BCUT2D eigenvalue weighted by atomic mass is 32.1. The molecule has 9 nitrogen and oxygen atoms in total. The lowest BCUT2D eigenvalue weighted by molar-refractivity contribution is -0.157. The van der Waals surface area contributed by atoms with Crippen molar-refractivity contribution in [1.82, 2.24) is 5.32 Å². The normalized spacial score (nSPS) is 14.9. The van der Waals surface area contributed by atoms with Crippen molar-refractivity contribution in [2.45, 2.75) is 51.5 Å². The molecule has 0 unspecified atom stereocenters. The minimum Gasteiger partial charge on any atom is -0.464 e. The van der Waals surface area contributed by atoms with Crippen LogP contribution < -0.4 is 10.6 Å². The zero-order valence-electron chi connectivity index (χ0n) is 18.0. The van der Waals surface area contributed by atoms with E-state index in [-0.39, 0.29) is 23.1 Å². The van der Waals surface area contributed by atoms with Crippen LogP contribution in [0.5, 0.6) is 0 Å². The van der Waals surface area contributed by atoms with E-state index >= 15 is 0 Å². The number of carbonyl (C=O) groups excluding carboxylic acids is 4. The van der Waals surface area contributed by atoms with Crippen molar-refractivity contribution in [2.24, 2.45) is 0 Å². The number of rotatable bonds is 8. The Balaban J connectivity index is 1.70. The molecule has 2 N–H and O–H groups in total. The van der Waals surface area contributed by atoms with E-state index in [1.807, 2.05) is 0 Å². The molecule has 0 aliphatic heterocycles. The number of hydrogen-bond donors (Lipinski definition) is 2. The summed E-state index contributed by atoms with van der Waals surface area (Å²) in [6.45, 7) is 2.66. The molecule has 0 saturated heterocycles. The third kappa shape index (κ3) is 5.37. The summed E-state index contributed by atoms with van der Waals surface area (Å²) in [7, 11) is 0. The van der Waals surface area contributed by atoms with Gasteiger partial charge in [-0.05, 0) is 31.9 Å². The Morgan fingerprint density at radius 3 is 2.53 bits per heavy atom. The van der Waals surface area contributed by atoms with Gasteiger partial charge in [-0.15, -0.1) is 11.3 Å². The maximum atomic E-state index is 12.7. The lowest BCUT2D eigenvalue weighted by Gasteiger charge is -2.35. The van der Waals surface area contributed by atoms with Crippen LogP contribution in [0, 0.1) is 0 Å². The van der Waals surface area contributed by atoms with E-state index < -0.39 is 30.0 Å². The maximum Gasteiger partial charge on any atom is 0.341 e. The third-order valence-corrected chi connectivity index (χ3v) is 6.05. The van der Waals surface area contributed by atoms with Crippen LogP contribution in [0.1, 0.15) is 56.3 Å². The first-order chi connectivity index (χ1) is 15.4. The Morgan fingerprint density at radius 2 is 1.91 bits per heavy atom. The second-order valence-electron chi connectivity index (χ2n) is 7.50. The monoisotopic (exact) mass is 462 g/mol. The molecule has 2 amide bonds. The molecule has 0 aromatic carbocycles. The number of amides is 2. The summed E-state index contributed by atoms with van der Waals surface area (Å²) >= 11 is 1.14. The van der Waals surface area contributed by atoms with Crippen LogP contribution in [0.3, 0.4) is 0 Å². The van der Waals surface area contributed by atoms with Crippen LogP contribution in [-0.2, 0) is 23.9 Å². The average Bonchev–Trinajstić information content (AvgIpc) is 3.42. The summed E-state index contributed by atoms with van der Waals surface area (Å²) in [5.74, 6) is -1.69. The molecule has 1 aliphatic rings. The number of thiophene rings is 1. The van der Waals surface area contributed by atoms with E-state index in [9.17, 15) is 19.2 Å². The van der Waals surface area contributed by atoms with Gasteiger partial charge in [-0.25, -0.2) is 9.59 Å². The Morgan fingerprint density at radius 1 is 1.16 bits per heavy atom. The molecule has 172 valence electrons. The summed E-state index contributed by atoms with van der Waals surface area (Å²) in [5.41, 5.74) is -0.429. The van der Waals surface area contributed by atoms with Crippen molar-refractivity contribution in [2.75, 3.05) is 18.5 Å². The maximum absolute atomic E-state index is 12.7. The topological polar surface area (TPSA) is 124 Å². The van der Waals surface area contributed by atoms with Crippen LogP contribution >= 0.6 is 11.3 Å². The molecule has 0 atom stereocenters. The molecular weight excluding hydrogens is 436 g/mol. The van der Waals surface area contributed by atoms with Gasteiger partial charge in [-0.3, -0.25) is 9.59 Å². The highest BCUT2D eigenvalue weighted by Crippen LogP contribution is 2.36. The van der Waals surface area contributed by atoms with Crippen molar-refractivity contribution in [3.8, 4) is 11.3 Å². The molecule has 0 spiro atoms. The summed E-state index contributed by atoms with van der Waals surface area (Å²) in [6, 6.07) is 3.39. The molecule has 1 aliphatic carbocycles. The first-order valence-electron chi connectivity index (χ1n) is 10.4. The molecular formula is C22H26N2O7S. The molecule has 3 rings (SSSR count). The van der Waals surface area contributed by atoms with Gasteiger partial charge in [0.25, 0.3) is 5.91 Å². The predicted molar refractivity (Wildman–Crippen MR) is 117 cm³/mol. The quantitative estimate of drug-likeness (QED) is 0.575. The molecule has 1 saturated carbocycles. The lowest BCUT2D eigenvalue weighted by Crippen LogP contribution is -2.56.